The van der Waals surface area contributed by atoms with Crippen molar-refractivity contribution in [1.29, 1.82) is 0 Å². The predicted octanol–water partition coefficient (Wildman–Crippen LogP) is 0.919. The molecule has 2 saturated heterocycles. The van der Waals surface area contributed by atoms with Gasteiger partial charge in [-0.15, -0.1) is 11.3 Å². The van der Waals surface area contributed by atoms with Gasteiger partial charge in [0.1, 0.15) is 4.88 Å². The molecule has 1 amide bonds. The smallest absolute Gasteiger partial charge is 0.263 e. The number of amides is 1. The number of carbonyl (C=O) groups excluding carboxylic acids is 1. The Bertz CT molecular complexity index is 496. The van der Waals surface area contributed by atoms with Crippen LogP contribution in [0.1, 0.15) is 21.8 Å². The van der Waals surface area contributed by atoms with Crippen molar-refractivity contribution in [1.82, 2.24) is 15.2 Å². The fourth-order valence-electron chi connectivity index (χ4n) is 3.16. The van der Waals surface area contributed by atoms with E-state index in [-0.39, 0.29) is 5.91 Å². The molecule has 1 aromatic rings. The summed E-state index contributed by atoms with van der Waals surface area (Å²) >= 11 is 1.40. The molecule has 0 spiro atoms. The zero-order valence-corrected chi connectivity index (χ0v) is 13.7. The first-order valence-corrected chi connectivity index (χ1v) is 8.71. The summed E-state index contributed by atoms with van der Waals surface area (Å²) in [6.07, 6.45) is 1.07. The van der Waals surface area contributed by atoms with E-state index in [1.807, 2.05) is 6.92 Å². The number of hydrogen-bond acceptors (Lipinski definition) is 6. The van der Waals surface area contributed by atoms with E-state index in [4.69, 9.17) is 9.47 Å². The summed E-state index contributed by atoms with van der Waals surface area (Å²) in [6, 6.07) is 0.323. The van der Waals surface area contributed by atoms with Crippen LogP contribution in [0.15, 0.2) is 5.51 Å². The van der Waals surface area contributed by atoms with Crippen molar-refractivity contribution in [3.63, 3.8) is 0 Å². The van der Waals surface area contributed by atoms with Gasteiger partial charge in [-0.3, -0.25) is 9.69 Å². The zero-order chi connectivity index (χ0) is 15.4. The minimum absolute atomic E-state index is 0.0165. The molecule has 2 atom stereocenters. The summed E-state index contributed by atoms with van der Waals surface area (Å²) in [6.45, 7) is 7.54. The normalized spacial score (nSPS) is 24.3. The molecular weight excluding hydrogens is 302 g/mol. The number of carbonyl (C=O) groups is 1. The second kappa shape index (κ2) is 7.50. The highest BCUT2D eigenvalue weighted by atomic mass is 32.1. The number of nitrogens with one attached hydrogen (secondary N) is 1. The lowest BCUT2D eigenvalue weighted by molar-refractivity contribution is 0.00167. The number of ether oxygens (including phenoxy) is 2. The predicted molar refractivity (Wildman–Crippen MR) is 84.3 cm³/mol. The van der Waals surface area contributed by atoms with E-state index in [1.165, 1.54) is 11.3 Å². The van der Waals surface area contributed by atoms with Crippen LogP contribution in [0.4, 0.5) is 0 Å². The molecule has 3 rings (SSSR count). The molecule has 2 aliphatic heterocycles. The van der Waals surface area contributed by atoms with E-state index in [0.717, 1.165) is 51.6 Å². The number of thiazole rings is 1. The Morgan fingerprint density at radius 1 is 1.45 bits per heavy atom. The van der Waals surface area contributed by atoms with Gasteiger partial charge in [0.2, 0.25) is 0 Å². The van der Waals surface area contributed by atoms with Gasteiger partial charge < -0.3 is 14.8 Å². The number of rotatable bonds is 5. The first-order valence-electron chi connectivity index (χ1n) is 7.83. The molecule has 1 N–H and O–H groups in total. The van der Waals surface area contributed by atoms with E-state index in [2.05, 4.69) is 15.2 Å². The molecule has 22 heavy (non-hydrogen) atoms. The van der Waals surface area contributed by atoms with E-state index in [9.17, 15) is 4.79 Å². The minimum atomic E-state index is -0.0165. The quantitative estimate of drug-likeness (QED) is 0.872. The Hall–Kier alpha value is -1.02. The fourth-order valence-corrected chi connectivity index (χ4v) is 3.88. The molecule has 0 bridgehead atoms. The summed E-state index contributed by atoms with van der Waals surface area (Å²) in [5, 5.41) is 3.09. The van der Waals surface area contributed by atoms with E-state index in [0.29, 0.717) is 23.4 Å². The van der Waals surface area contributed by atoms with Gasteiger partial charge in [-0.1, -0.05) is 0 Å². The first-order chi connectivity index (χ1) is 10.8. The summed E-state index contributed by atoms with van der Waals surface area (Å²) in [5.41, 5.74) is 2.52. The van der Waals surface area contributed by atoms with Crippen LogP contribution in [0, 0.1) is 12.8 Å². The minimum Gasteiger partial charge on any atom is -0.381 e. The SMILES string of the molecule is Cc1ncsc1C(=O)NC[C@H]([C@@H]1CCOC1)N1CCOCC1. The van der Waals surface area contributed by atoms with Crippen molar-refractivity contribution in [3.8, 4) is 0 Å². The van der Waals surface area contributed by atoms with Gasteiger partial charge in [0, 0.05) is 38.2 Å². The van der Waals surface area contributed by atoms with Crippen molar-refractivity contribution in [2.24, 2.45) is 5.92 Å². The molecule has 1 aromatic heterocycles. The Balaban J connectivity index is 1.62. The summed E-state index contributed by atoms with van der Waals surface area (Å²) in [7, 11) is 0. The highest BCUT2D eigenvalue weighted by molar-refractivity contribution is 7.11. The lowest BCUT2D eigenvalue weighted by atomic mass is 9.97. The molecular formula is C15H23N3O3S. The van der Waals surface area contributed by atoms with Gasteiger partial charge in [0.25, 0.3) is 5.91 Å². The van der Waals surface area contributed by atoms with Crippen LogP contribution in [-0.4, -0.2) is 67.9 Å². The number of nitrogens with zero attached hydrogens (tertiary/aromatic N) is 2. The third-order valence-corrected chi connectivity index (χ3v) is 5.37. The van der Waals surface area contributed by atoms with Crippen LogP contribution in [0.25, 0.3) is 0 Å². The third kappa shape index (κ3) is 3.65. The Labute approximate surface area is 134 Å². The zero-order valence-electron chi connectivity index (χ0n) is 12.9. The third-order valence-electron chi connectivity index (χ3n) is 4.45. The van der Waals surface area contributed by atoms with Crippen molar-refractivity contribution in [3.05, 3.63) is 16.1 Å². The lowest BCUT2D eigenvalue weighted by Gasteiger charge is -2.37. The number of morpholine rings is 1. The Morgan fingerprint density at radius 3 is 2.91 bits per heavy atom. The van der Waals surface area contributed by atoms with E-state index in [1.54, 1.807) is 5.51 Å². The molecule has 0 aromatic carbocycles. The molecule has 2 aliphatic rings. The van der Waals surface area contributed by atoms with Crippen molar-refractivity contribution >= 4 is 17.2 Å². The molecule has 3 heterocycles. The molecule has 0 saturated carbocycles. The largest absolute Gasteiger partial charge is 0.381 e. The maximum absolute atomic E-state index is 12.3. The molecule has 6 nitrogen and oxygen atoms in total. The number of hydrogen-bond donors (Lipinski definition) is 1. The molecule has 0 unspecified atom stereocenters. The first kappa shape index (κ1) is 15.9. The van der Waals surface area contributed by atoms with Gasteiger partial charge in [-0.25, -0.2) is 4.98 Å². The summed E-state index contributed by atoms with van der Waals surface area (Å²) in [5.74, 6) is 0.470. The molecule has 7 heteroatoms. The van der Waals surface area contributed by atoms with E-state index < -0.39 is 0 Å². The molecule has 2 fully saturated rings. The van der Waals surface area contributed by atoms with Crippen molar-refractivity contribution in [2.45, 2.75) is 19.4 Å². The summed E-state index contributed by atoms with van der Waals surface area (Å²) in [4.78, 5) is 19.6. The van der Waals surface area contributed by atoms with Gasteiger partial charge in [0.15, 0.2) is 0 Å². The van der Waals surface area contributed by atoms with Crippen LogP contribution in [0.2, 0.25) is 0 Å². The molecule has 122 valence electrons. The highest BCUT2D eigenvalue weighted by Gasteiger charge is 2.32. The fraction of sp³-hybridized carbons (Fsp3) is 0.733. The monoisotopic (exact) mass is 325 g/mol. The maximum Gasteiger partial charge on any atom is 0.263 e. The van der Waals surface area contributed by atoms with E-state index >= 15 is 0 Å². The number of aromatic nitrogens is 1. The van der Waals surface area contributed by atoms with Crippen molar-refractivity contribution < 1.29 is 14.3 Å². The maximum atomic E-state index is 12.3. The topological polar surface area (TPSA) is 63.7 Å². The van der Waals surface area contributed by atoms with Gasteiger partial charge in [0.05, 0.1) is 31.0 Å². The molecule has 0 radical (unpaired) electrons. The Morgan fingerprint density at radius 2 is 2.27 bits per heavy atom. The van der Waals surface area contributed by atoms with Crippen LogP contribution >= 0.6 is 11.3 Å². The van der Waals surface area contributed by atoms with Gasteiger partial charge in [-0.2, -0.15) is 0 Å². The Kier molecular flexibility index (Phi) is 5.41. The highest BCUT2D eigenvalue weighted by Crippen LogP contribution is 2.22. The van der Waals surface area contributed by atoms with Crippen LogP contribution < -0.4 is 5.32 Å². The second-order valence-corrected chi connectivity index (χ2v) is 6.67. The van der Waals surface area contributed by atoms with Gasteiger partial charge >= 0.3 is 0 Å². The van der Waals surface area contributed by atoms with Crippen LogP contribution in [0.5, 0.6) is 0 Å². The van der Waals surface area contributed by atoms with Gasteiger partial charge in [-0.05, 0) is 13.3 Å². The average molecular weight is 325 g/mol. The lowest BCUT2D eigenvalue weighted by Crippen LogP contribution is -2.52. The molecule has 0 aliphatic carbocycles. The van der Waals surface area contributed by atoms with Crippen molar-refractivity contribution in [2.75, 3.05) is 46.1 Å². The number of aryl methyl sites for hydroxylation is 1. The summed E-state index contributed by atoms with van der Waals surface area (Å²) < 4.78 is 11.0. The average Bonchev–Trinajstić information content (AvgIpc) is 3.20. The van der Waals surface area contributed by atoms with Crippen LogP contribution in [-0.2, 0) is 9.47 Å². The second-order valence-electron chi connectivity index (χ2n) is 5.82. The van der Waals surface area contributed by atoms with Crippen LogP contribution in [0.3, 0.4) is 0 Å². The standard InChI is InChI=1S/C15H23N3O3S/c1-11-14(22-10-17-11)15(19)16-8-13(12-2-5-21-9-12)18-3-6-20-7-4-18/h10,12-13H,2-9H2,1H3,(H,16,19)/t12-,13-/m1/s1.